The second-order valence-corrected chi connectivity index (χ2v) is 7.26. The van der Waals surface area contributed by atoms with Crippen molar-refractivity contribution in [3.63, 3.8) is 0 Å². The van der Waals surface area contributed by atoms with Crippen molar-refractivity contribution in [3.8, 4) is 11.3 Å². The van der Waals surface area contributed by atoms with Crippen molar-refractivity contribution in [3.05, 3.63) is 59.1 Å². The fourth-order valence-electron chi connectivity index (χ4n) is 3.68. The van der Waals surface area contributed by atoms with Gasteiger partial charge in [0.2, 0.25) is 0 Å². The first-order valence-corrected chi connectivity index (χ1v) is 9.51. The van der Waals surface area contributed by atoms with E-state index in [0.29, 0.717) is 31.8 Å². The molecule has 0 radical (unpaired) electrons. The Morgan fingerprint density at radius 2 is 2.11 bits per heavy atom. The molecule has 2 N–H and O–H groups in total. The largest absolute Gasteiger partial charge is 0.365 e. The predicted octanol–water partition coefficient (Wildman–Crippen LogP) is 3.09. The fraction of sp³-hybridized carbons (Fsp3) is 0.381. The molecule has 1 saturated heterocycles. The van der Waals surface area contributed by atoms with Crippen LogP contribution in [0.15, 0.2) is 40.9 Å². The number of rotatable bonds is 6. The molecular weight excluding hydrogens is 356 g/mol. The summed E-state index contributed by atoms with van der Waals surface area (Å²) < 4.78 is 11.4. The van der Waals surface area contributed by atoms with E-state index >= 15 is 0 Å². The summed E-state index contributed by atoms with van der Waals surface area (Å²) in [4.78, 5) is 13.0. The molecule has 1 fully saturated rings. The van der Waals surface area contributed by atoms with Crippen molar-refractivity contribution in [2.45, 2.75) is 45.3 Å². The number of aromatic nitrogens is 3. The Morgan fingerprint density at radius 1 is 1.29 bits per heavy atom. The number of ether oxygens (including phenoxy) is 1. The standard InChI is InChI=1S/C21H24N4O3/c1-14-18(15(2)24-23-14)13-22-20(26)21(9-6-10-27-21)12-17-11-19(25-28-17)16-7-4-3-5-8-16/h3-5,7-8,11H,6,9-10,12-13H2,1-2H3,(H,22,26)(H,23,24)/t21-/m1/s1. The number of hydrogen-bond donors (Lipinski definition) is 2. The molecule has 146 valence electrons. The molecular formula is C21H24N4O3. The maximum Gasteiger partial charge on any atom is 0.253 e. The van der Waals surface area contributed by atoms with E-state index in [-0.39, 0.29) is 5.91 Å². The van der Waals surface area contributed by atoms with Crippen LogP contribution in [0.5, 0.6) is 0 Å². The fourth-order valence-corrected chi connectivity index (χ4v) is 3.68. The lowest BCUT2D eigenvalue weighted by molar-refractivity contribution is -0.142. The SMILES string of the molecule is Cc1n[nH]c(C)c1CNC(=O)[C@]1(Cc2cc(-c3ccccc3)no2)CCCO1. The van der Waals surface area contributed by atoms with Crippen molar-refractivity contribution in [2.75, 3.05) is 6.61 Å². The lowest BCUT2D eigenvalue weighted by Gasteiger charge is -2.26. The van der Waals surface area contributed by atoms with Crippen LogP contribution >= 0.6 is 0 Å². The zero-order valence-corrected chi connectivity index (χ0v) is 16.1. The van der Waals surface area contributed by atoms with E-state index in [0.717, 1.165) is 34.6 Å². The molecule has 0 bridgehead atoms. The minimum absolute atomic E-state index is 0.123. The predicted molar refractivity (Wildman–Crippen MR) is 103 cm³/mol. The quantitative estimate of drug-likeness (QED) is 0.685. The number of nitrogens with one attached hydrogen (secondary N) is 2. The smallest absolute Gasteiger partial charge is 0.253 e. The van der Waals surface area contributed by atoms with Crippen LogP contribution < -0.4 is 5.32 Å². The van der Waals surface area contributed by atoms with Gasteiger partial charge in [-0.05, 0) is 26.7 Å². The highest BCUT2D eigenvalue weighted by atomic mass is 16.5. The van der Waals surface area contributed by atoms with Gasteiger partial charge in [0.15, 0.2) is 5.60 Å². The van der Waals surface area contributed by atoms with Gasteiger partial charge in [0, 0.05) is 42.5 Å². The van der Waals surface area contributed by atoms with Gasteiger partial charge in [0.05, 0.1) is 5.69 Å². The molecule has 0 saturated carbocycles. The van der Waals surface area contributed by atoms with Gasteiger partial charge in [-0.2, -0.15) is 5.10 Å². The molecule has 2 aromatic heterocycles. The number of nitrogens with zero attached hydrogens (tertiary/aromatic N) is 2. The molecule has 7 heteroatoms. The van der Waals surface area contributed by atoms with E-state index in [1.54, 1.807) is 0 Å². The lowest BCUT2D eigenvalue weighted by atomic mass is 9.93. The number of carbonyl (C=O) groups excluding carboxylic acids is 1. The molecule has 0 aliphatic carbocycles. The van der Waals surface area contributed by atoms with Crippen LogP contribution in [0, 0.1) is 13.8 Å². The highest BCUT2D eigenvalue weighted by Gasteiger charge is 2.43. The first-order chi connectivity index (χ1) is 13.6. The number of aromatic amines is 1. The maximum absolute atomic E-state index is 13.0. The highest BCUT2D eigenvalue weighted by Crippen LogP contribution is 2.31. The Hall–Kier alpha value is -2.93. The van der Waals surface area contributed by atoms with E-state index in [1.165, 1.54) is 0 Å². The second-order valence-electron chi connectivity index (χ2n) is 7.26. The zero-order valence-electron chi connectivity index (χ0n) is 16.1. The highest BCUT2D eigenvalue weighted by molar-refractivity contribution is 5.85. The van der Waals surface area contributed by atoms with Crippen LogP contribution in [0.3, 0.4) is 0 Å². The summed E-state index contributed by atoms with van der Waals surface area (Å²) >= 11 is 0. The van der Waals surface area contributed by atoms with E-state index in [2.05, 4.69) is 20.7 Å². The first kappa shape index (κ1) is 18.4. The Bertz CT molecular complexity index is 936. The summed E-state index contributed by atoms with van der Waals surface area (Å²) in [6.45, 7) is 4.86. The number of H-pyrrole nitrogens is 1. The first-order valence-electron chi connectivity index (χ1n) is 9.51. The van der Waals surface area contributed by atoms with Crippen molar-refractivity contribution in [1.82, 2.24) is 20.7 Å². The molecule has 4 rings (SSSR count). The monoisotopic (exact) mass is 380 g/mol. The molecule has 1 aliphatic rings. The van der Waals surface area contributed by atoms with Crippen molar-refractivity contribution in [1.29, 1.82) is 0 Å². The molecule has 0 unspecified atom stereocenters. The van der Waals surface area contributed by atoms with Crippen LogP contribution in [0.25, 0.3) is 11.3 Å². The summed E-state index contributed by atoms with van der Waals surface area (Å²) in [6.07, 6.45) is 1.86. The molecule has 3 heterocycles. The Morgan fingerprint density at radius 3 is 2.79 bits per heavy atom. The van der Waals surface area contributed by atoms with Gasteiger partial charge in [0.1, 0.15) is 11.5 Å². The van der Waals surface area contributed by atoms with Crippen LogP contribution in [-0.4, -0.2) is 33.5 Å². The minimum atomic E-state index is -0.918. The van der Waals surface area contributed by atoms with Crippen LogP contribution in [0.4, 0.5) is 0 Å². The van der Waals surface area contributed by atoms with Crippen molar-refractivity contribution in [2.24, 2.45) is 0 Å². The molecule has 1 atom stereocenters. The van der Waals surface area contributed by atoms with Gasteiger partial charge >= 0.3 is 0 Å². The average molecular weight is 380 g/mol. The summed E-state index contributed by atoms with van der Waals surface area (Å²) in [5.74, 6) is 0.522. The third-order valence-electron chi connectivity index (χ3n) is 5.31. The molecule has 28 heavy (non-hydrogen) atoms. The lowest BCUT2D eigenvalue weighted by Crippen LogP contribution is -2.47. The van der Waals surface area contributed by atoms with Gasteiger partial charge in [-0.15, -0.1) is 0 Å². The van der Waals surface area contributed by atoms with Crippen LogP contribution in [-0.2, 0) is 22.5 Å². The molecule has 3 aromatic rings. The summed E-state index contributed by atoms with van der Waals surface area (Å²) in [5, 5.41) is 14.3. The van der Waals surface area contributed by atoms with Gasteiger partial charge in [0.25, 0.3) is 5.91 Å². The van der Waals surface area contributed by atoms with Crippen LogP contribution in [0.1, 0.15) is 35.6 Å². The second kappa shape index (κ2) is 7.59. The molecule has 7 nitrogen and oxygen atoms in total. The van der Waals surface area contributed by atoms with Crippen LogP contribution in [0.2, 0.25) is 0 Å². The molecule has 1 amide bonds. The van der Waals surface area contributed by atoms with E-state index in [4.69, 9.17) is 9.26 Å². The van der Waals surface area contributed by atoms with Gasteiger partial charge in [-0.3, -0.25) is 9.89 Å². The number of aryl methyl sites for hydroxylation is 2. The van der Waals surface area contributed by atoms with Crippen molar-refractivity contribution < 1.29 is 14.1 Å². The molecule has 0 spiro atoms. The topological polar surface area (TPSA) is 93.0 Å². The van der Waals surface area contributed by atoms with E-state index in [9.17, 15) is 4.79 Å². The van der Waals surface area contributed by atoms with Crippen molar-refractivity contribution >= 4 is 5.91 Å². The Balaban J connectivity index is 1.49. The molecule has 1 aromatic carbocycles. The maximum atomic E-state index is 13.0. The number of benzene rings is 1. The number of carbonyl (C=O) groups is 1. The zero-order chi connectivity index (χ0) is 19.6. The summed E-state index contributed by atoms with van der Waals surface area (Å²) in [7, 11) is 0. The summed E-state index contributed by atoms with van der Waals surface area (Å²) in [5.41, 5.74) is 3.68. The van der Waals surface area contributed by atoms with E-state index in [1.807, 2.05) is 50.2 Å². The number of amides is 1. The normalized spacial score (nSPS) is 19.1. The Kier molecular flexibility index (Phi) is 5.00. The third kappa shape index (κ3) is 3.57. The summed E-state index contributed by atoms with van der Waals surface area (Å²) in [6, 6.07) is 11.7. The minimum Gasteiger partial charge on any atom is -0.365 e. The molecule has 1 aliphatic heterocycles. The average Bonchev–Trinajstić information content (AvgIpc) is 3.44. The van der Waals surface area contributed by atoms with E-state index < -0.39 is 5.60 Å². The third-order valence-corrected chi connectivity index (χ3v) is 5.31. The van der Waals surface area contributed by atoms with Gasteiger partial charge in [-0.25, -0.2) is 0 Å². The number of hydrogen-bond acceptors (Lipinski definition) is 5. The van der Waals surface area contributed by atoms with Gasteiger partial charge in [-0.1, -0.05) is 35.5 Å². The van der Waals surface area contributed by atoms with Gasteiger partial charge < -0.3 is 14.6 Å². The Labute approximate surface area is 163 Å².